The van der Waals surface area contributed by atoms with Crippen molar-refractivity contribution in [3.8, 4) is 0 Å². The number of nitrogens with two attached hydrogens (primary N) is 1. The Balaban J connectivity index is 0.000000845. The molecule has 0 aliphatic heterocycles. The molecule has 1 unspecified atom stereocenters. The van der Waals surface area contributed by atoms with Crippen LogP contribution in [0.3, 0.4) is 0 Å². The normalized spacial score (nSPS) is 11.6. The van der Waals surface area contributed by atoms with Crippen LogP contribution < -0.4 is 5.73 Å². The molecule has 0 aliphatic carbocycles. The van der Waals surface area contributed by atoms with Gasteiger partial charge in [0.25, 0.3) is 0 Å². The first kappa shape index (κ1) is 13.2. The van der Waals surface area contributed by atoms with Gasteiger partial charge in [-0.1, -0.05) is 6.07 Å². The zero-order chi connectivity index (χ0) is 8.55. The average molecular weight is 235 g/mol. The van der Waals surface area contributed by atoms with Crippen LogP contribution >= 0.6 is 24.8 Å². The summed E-state index contributed by atoms with van der Waals surface area (Å²) in [6, 6.07) is 5.68. The van der Waals surface area contributed by atoms with Crippen molar-refractivity contribution in [3.63, 3.8) is 0 Å². The van der Waals surface area contributed by atoms with E-state index in [0.29, 0.717) is 0 Å². The summed E-state index contributed by atoms with van der Waals surface area (Å²) in [5.74, 6) is 0.797. The molecule has 0 spiro atoms. The smallest absolute Gasteiger partial charge is 0.160 e. The molecule has 0 radical (unpaired) electrons. The molecule has 0 aliphatic rings. The number of hydrogen-bond acceptors (Lipinski definition) is 3. The van der Waals surface area contributed by atoms with E-state index in [2.05, 4.69) is 10.2 Å². The van der Waals surface area contributed by atoms with E-state index in [9.17, 15) is 0 Å². The van der Waals surface area contributed by atoms with Gasteiger partial charge in [-0.25, -0.2) is 0 Å². The lowest BCUT2D eigenvalue weighted by atomic mass is 10.3. The summed E-state index contributed by atoms with van der Waals surface area (Å²) >= 11 is 0. The maximum Gasteiger partial charge on any atom is 0.160 e. The lowest BCUT2D eigenvalue weighted by Gasteiger charge is -2.00. The molecule has 2 rings (SSSR count). The maximum absolute atomic E-state index is 5.70. The second kappa shape index (κ2) is 5.14. The molecular formula is C8H12Cl2N4. The summed E-state index contributed by atoms with van der Waals surface area (Å²) in [4.78, 5) is 0. The summed E-state index contributed by atoms with van der Waals surface area (Å²) in [6.07, 6.45) is 1.91. The first-order valence-corrected chi connectivity index (χ1v) is 3.84. The first-order valence-electron chi connectivity index (χ1n) is 3.84. The van der Waals surface area contributed by atoms with Crippen LogP contribution in [0, 0.1) is 0 Å². The number of nitrogens with zero attached hydrogens (tertiary/aromatic N) is 3. The molecule has 2 aromatic heterocycles. The van der Waals surface area contributed by atoms with Crippen molar-refractivity contribution < 1.29 is 0 Å². The van der Waals surface area contributed by atoms with Crippen molar-refractivity contribution in [1.82, 2.24) is 14.6 Å². The monoisotopic (exact) mass is 234 g/mol. The van der Waals surface area contributed by atoms with Gasteiger partial charge in [0.1, 0.15) is 0 Å². The van der Waals surface area contributed by atoms with Gasteiger partial charge in [-0.3, -0.25) is 4.40 Å². The van der Waals surface area contributed by atoms with E-state index in [0.717, 1.165) is 11.5 Å². The number of pyridine rings is 1. The predicted octanol–water partition coefficient (Wildman–Crippen LogP) is 1.59. The largest absolute Gasteiger partial charge is 0.322 e. The minimum atomic E-state index is -0.0811. The number of aromatic nitrogens is 3. The van der Waals surface area contributed by atoms with Gasteiger partial charge < -0.3 is 5.73 Å². The van der Waals surface area contributed by atoms with Gasteiger partial charge in [0.2, 0.25) is 0 Å². The molecule has 2 aromatic rings. The van der Waals surface area contributed by atoms with E-state index < -0.39 is 0 Å². The zero-order valence-corrected chi connectivity index (χ0v) is 9.26. The van der Waals surface area contributed by atoms with Gasteiger partial charge in [-0.05, 0) is 19.1 Å². The van der Waals surface area contributed by atoms with Gasteiger partial charge in [-0.2, -0.15) is 0 Å². The van der Waals surface area contributed by atoms with Crippen LogP contribution in [0.25, 0.3) is 5.65 Å². The molecule has 1 atom stereocenters. The van der Waals surface area contributed by atoms with Gasteiger partial charge in [0.05, 0.1) is 6.04 Å². The second-order valence-corrected chi connectivity index (χ2v) is 2.78. The van der Waals surface area contributed by atoms with E-state index in [-0.39, 0.29) is 30.9 Å². The molecular weight excluding hydrogens is 223 g/mol. The standard InChI is InChI=1S/C8H10N4.2ClH/c1-6(9)8-11-10-7-4-2-3-5-12(7)8;;/h2-6H,9H2,1H3;2*1H. The van der Waals surface area contributed by atoms with Crippen LogP contribution in [-0.2, 0) is 0 Å². The zero-order valence-electron chi connectivity index (χ0n) is 7.62. The molecule has 2 N–H and O–H groups in total. The van der Waals surface area contributed by atoms with E-state index >= 15 is 0 Å². The Bertz CT molecular complexity index is 399. The molecule has 4 nitrogen and oxygen atoms in total. The van der Waals surface area contributed by atoms with E-state index in [1.165, 1.54) is 0 Å². The summed E-state index contributed by atoms with van der Waals surface area (Å²) in [7, 11) is 0. The highest BCUT2D eigenvalue weighted by Gasteiger charge is 2.07. The average Bonchev–Trinajstić information content (AvgIpc) is 2.47. The Morgan fingerprint density at radius 2 is 2.00 bits per heavy atom. The highest BCUT2D eigenvalue weighted by molar-refractivity contribution is 5.85. The van der Waals surface area contributed by atoms with Crippen molar-refractivity contribution >= 4 is 30.5 Å². The molecule has 0 saturated carbocycles. The van der Waals surface area contributed by atoms with Crippen LogP contribution in [-0.4, -0.2) is 14.6 Å². The molecule has 0 amide bonds. The van der Waals surface area contributed by atoms with Gasteiger partial charge in [-0.15, -0.1) is 35.0 Å². The van der Waals surface area contributed by atoms with Crippen molar-refractivity contribution in [3.05, 3.63) is 30.2 Å². The molecule has 14 heavy (non-hydrogen) atoms. The van der Waals surface area contributed by atoms with Gasteiger partial charge in [0.15, 0.2) is 11.5 Å². The Kier molecular flexibility index (Phi) is 4.83. The van der Waals surface area contributed by atoms with Crippen molar-refractivity contribution in [2.45, 2.75) is 13.0 Å². The Hall–Kier alpha value is -0.840. The highest BCUT2D eigenvalue weighted by atomic mass is 35.5. The number of rotatable bonds is 1. The van der Waals surface area contributed by atoms with Crippen LogP contribution in [0.2, 0.25) is 0 Å². The minimum absolute atomic E-state index is 0. The van der Waals surface area contributed by atoms with Crippen molar-refractivity contribution in [1.29, 1.82) is 0 Å². The molecule has 0 fully saturated rings. The van der Waals surface area contributed by atoms with Crippen molar-refractivity contribution in [2.24, 2.45) is 5.73 Å². The quantitative estimate of drug-likeness (QED) is 0.816. The number of halogens is 2. The highest BCUT2D eigenvalue weighted by Crippen LogP contribution is 2.08. The lowest BCUT2D eigenvalue weighted by molar-refractivity contribution is 0.726. The summed E-state index contributed by atoms with van der Waals surface area (Å²) < 4.78 is 1.89. The molecule has 78 valence electrons. The summed E-state index contributed by atoms with van der Waals surface area (Å²) in [6.45, 7) is 1.89. The fraction of sp³-hybridized carbons (Fsp3) is 0.250. The topological polar surface area (TPSA) is 56.2 Å². The van der Waals surface area contributed by atoms with Crippen LogP contribution in [0.4, 0.5) is 0 Å². The molecule has 0 saturated heterocycles. The lowest BCUT2D eigenvalue weighted by Crippen LogP contribution is -2.09. The Labute approximate surface area is 94.3 Å². The summed E-state index contributed by atoms with van der Waals surface area (Å²) in [5, 5.41) is 7.96. The van der Waals surface area contributed by atoms with Gasteiger partial charge >= 0.3 is 0 Å². The number of fused-ring (bicyclic) bond motifs is 1. The fourth-order valence-electron chi connectivity index (χ4n) is 1.17. The molecule has 2 heterocycles. The summed E-state index contributed by atoms with van der Waals surface area (Å²) in [5.41, 5.74) is 6.54. The Morgan fingerprint density at radius 3 is 2.64 bits per heavy atom. The first-order chi connectivity index (χ1) is 5.79. The molecule has 0 bridgehead atoms. The molecule has 0 aromatic carbocycles. The van der Waals surface area contributed by atoms with E-state index in [1.807, 2.05) is 35.7 Å². The van der Waals surface area contributed by atoms with Crippen LogP contribution in [0.15, 0.2) is 24.4 Å². The predicted molar refractivity (Wildman–Crippen MR) is 60.1 cm³/mol. The maximum atomic E-state index is 5.70. The third-order valence-electron chi connectivity index (χ3n) is 1.75. The van der Waals surface area contributed by atoms with Gasteiger partial charge in [0, 0.05) is 6.20 Å². The fourth-order valence-corrected chi connectivity index (χ4v) is 1.17. The molecule has 6 heteroatoms. The SMILES string of the molecule is CC(N)c1nnc2ccccn12.Cl.Cl. The van der Waals surface area contributed by atoms with Crippen molar-refractivity contribution in [2.75, 3.05) is 0 Å². The van der Waals surface area contributed by atoms with Crippen LogP contribution in [0.5, 0.6) is 0 Å². The van der Waals surface area contributed by atoms with Crippen LogP contribution in [0.1, 0.15) is 18.8 Å². The van der Waals surface area contributed by atoms with E-state index in [1.54, 1.807) is 0 Å². The third-order valence-corrected chi connectivity index (χ3v) is 1.75. The Morgan fingerprint density at radius 1 is 1.29 bits per heavy atom. The second-order valence-electron chi connectivity index (χ2n) is 2.78. The minimum Gasteiger partial charge on any atom is -0.322 e. The number of hydrogen-bond donors (Lipinski definition) is 1. The van der Waals surface area contributed by atoms with E-state index in [4.69, 9.17) is 5.73 Å². The third kappa shape index (κ3) is 2.15.